The van der Waals surface area contributed by atoms with Gasteiger partial charge in [-0.05, 0) is 51.7 Å². The van der Waals surface area contributed by atoms with Gasteiger partial charge >= 0.3 is 0 Å². The molecule has 4 atom stereocenters. The number of piperidine rings is 1. The molecule has 4 rings (SSSR count). The van der Waals surface area contributed by atoms with Gasteiger partial charge in [0, 0.05) is 62.6 Å². The van der Waals surface area contributed by atoms with Crippen molar-refractivity contribution < 1.29 is 23.1 Å². The monoisotopic (exact) mass is 548 g/mol. The van der Waals surface area contributed by atoms with Gasteiger partial charge in [-0.15, -0.1) is 0 Å². The fraction of sp³-hybridized carbons (Fsp3) is 0.630. The predicted octanol–water partition coefficient (Wildman–Crippen LogP) is 1.66. The van der Waals surface area contributed by atoms with Gasteiger partial charge in [-0.1, -0.05) is 12.1 Å². The lowest BCUT2D eigenvalue weighted by Crippen LogP contribution is -2.53. The van der Waals surface area contributed by atoms with E-state index in [0.717, 1.165) is 32.2 Å². The van der Waals surface area contributed by atoms with Crippen LogP contribution in [0.2, 0.25) is 0 Å². The predicted molar refractivity (Wildman–Crippen MR) is 148 cm³/mol. The van der Waals surface area contributed by atoms with Crippen molar-refractivity contribution in [2.75, 3.05) is 38.8 Å². The van der Waals surface area contributed by atoms with Crippen molar-refractivity contribution in [3.8, 4) is 5.75 Å². The number of aromatic nitrogens is 1. The van der Waals surface area contributed by atoms with Crippen molar-refractivity contribution in [1.82, 2.24) is 20.1 Å². The minimum atomic E-state index is -3.01. The first-order valence-corrected chi connectivity index (χ1v) is 15.4. The van der Waals surface area contributed by atoms with E-state index in [1.165, 1.54) is 6.26 Å². The van der Waals surface area contributed by atoms with E-state index in [1.807, 2.05) is 19.9 Å². The van der Waals surface area contributed by atoms with Crippen molar-refractivity contribution in [1.29, 1.82) is 0 Å². The van der Waals surface area contributed by atoms with Crippen molar-refractivity contribution in [2.45, 2.75) is 69.8 Å². The third kappa shape index (κ3) is 6.22. The number of hydrogen-bond donors (Lipinski definition) is 3. The van der Waals surface area contributed by atoms with Gasteiger partial charge in [0.2, 0.25) is 0 Å². The molecule has 2 aliphatic heterocycles. The molecule has 3 N–H and O–H groups in total. The molecule has 1 aromatic carbocycles. The number of para-hydroxylation sites is 1. The van der Waals surface area contributed by atoms with Crippen LogP contribution in [0.3, 0.4) is 0 Å². The molecular weight excluding hydrogens is 508 g/mol. The lowest BCUT2D eigenvalue weighted by molar-refractivity contribution is 0.0265. The maximum Gasteiger partial charge on any atom is 0.267 e. The number of amides is 1. The highest BCUT2D eigenvalue weighted by molar-refractivity contribution is 7.90. The van der Waals surface area contributed by atoms with Crippen LogP contribution < -0.4 is 16.2 Å². The summed E-state index contributed by atoms with van der Waals surface area (Å²) < 4.78 is 29.9. The Balaban J connectivity index is 1.42. The summed E-state index contributed by atoms with van der Waals surface area (Å²) >= 11 is 0. The summed E-state index contributed by atoms with van der Waals surface area (Å²) in [5.74, 6) is -0.712. The van der Waals surface area contributed by atoms with Crippen molar-refractivity contribution in [3.05, 3.63) is 40.2 Å². The smallest absolute Gasteiger partial charge is 0.267 e. The number of pyridine rings is 1. The Labute approximate surface area is 224 Å². The van der Waals surface area contributed by atoms with E-state index in [9.17, 15) is 23.1 Å². The van der Waals surface area contributed by atoms with Crippen molar-refractivity contribution in [3.63, 3.8) is 0 Å². The number of hydrogen-bond acceptors (Lipinski definition) is 8. The molecule has 11 heteroatoms. The van der Waals surface area contributed by atoms with E-state index in [1.54, 1.807) is 29.9 Å². The average Bonchev–Trinajstić information content (AvgIpc) is 3.07. The maximum absolute atomic E-state index is 13.4. The molecular formula is C27H40N4O6S. The quantitative estimate of drug-likeness (QED) is 0.362. The molecule has 0 saturated carbocycles. The van der Waals surface area contributed by atoms with Gasteiger partial charge in [-0.25, -0.2) is 8.42 Å². The van der Waals surface area contributed by atoms with E-state index in [-0.39, 0.29) is 47.3 Å². The zero-order valence-corrected chi connectivity index (χ0v) is 23.5. The third-order valence-electron chi connectivity index (χ3n) is 7.82. The number of aromatic hydroxyl groups is 1. The van der Waals surface area contributed by atoms with E-state index in [2.05, 4.69) is 15.5 Å². The van der Waals surface area contributed by atoms with Crippen LogP contribution in [0.4, 0.5) is 0 Å². The summed E-state index contributed by atoms with van der Waals surface area (Å²) in [6.45, 7) is 5.44. The van der Waals surface area contributed by atoms with Crippen LogP contribution >= 0.6 is 0 Å². The first-order chi connectivity index (χ1) is 18.0. The number of sulfone groups is 1. The summed E-state index contributed by atoms with van der Waals surface area (Å²) in [6, 6.07) is 7.39. The minimum absolute atomic E-state index is 0.0761. The maximum atomic E-state index is 13.4. The van der Waals surface area contributed by atoms with Crippen molar-refractivity contribution >= 4 is 26.6 Å². The molecule has 38 heavy (non-hydrogen) atoms. The van der Waals surface area contributed by atoms with Crippen LogP contribution in [0.25, 0.3) is 10.9 Å². The lowest BCUT2D eigenvalue weighted by atomic mass is 9.96. The molecule has 2 bridgehead atoms. The second-order valence-electron chi connectivity index (χ2n) is 10.9. The number of ether oxygens (including phenoxy) is 1. The standard InChI is InChI=1S/C27H40N4O6S/c1-17(2)31-23-8-6-5-7-22(23)25(32)24(27(31)34)26(33)29-18-13-19-9-10-20(14-18)30(19)16-21(37-3)15-28-11-12-38(4,35)36/h5-8,17-21,28,32H,9-16H2,1-4H3,(H,29,33)/t18?,19-,20+,21?. The Hall–Kier alpha value is -2.47. The Bertz CT molecular complexity index is 1310. The molecule has 2 aliphatic rings. The molecule has 2 fully saturated rings. The first-order valence-electron chi connectivity index (χ1n) is 13.3. The summed E-state index contributed by atoms with van der Waals surface area (Å²) in [6.07, 6.45) is 4.71. The molecule has 1 aromatic heterocycles. The van der Waals surface area contributed by atoms with Gasteiger partial charge in [0.15, 0.2) is 0 Å². The second kappa shape index (κ2) is 11.7. The first kappa shape index (κ1) is 28.5. The Kier molecular flexibility index (Phi) is 8.81. The fourth-order valence-electron chi connectivity index (χ4n) is 5.99. The highest BCUT2D eigenvalue weighted by Gasteiger charge is 2.42. The average molecular weight is 549 g/mol. The Morgan fingerprint density at radius 2 is 1.84 bits per heavy atom. The van der Waals surface area contributed by atoms with Gasteiger partial charge in [0.1, 0.15) is 21.2 Å². The molecule has 10 nitrogen and oxygen atoms in total. The normalized spacial score (nSPS) is 22.7. The van der Waals surface area contributed by atoms with Gasteiger partial charge < -0.3 is 25.0 Å². The number of carbonyl (C=O) groups is 1. The van der Waals surface area contributed by atoms with Crippen LogP contribution in [0.1, 0.15) is 55.9 Å². The SMILES string of the molecule is COC(CNCCS(C)(=O)=O)CN1[C@@H]2CC[C@H]1CC(NC(=O)c1c(O)c3ccccc3n(C(C)C)c1=O)C2. The Morgan fingerprint density at radius 1 is 1.18 bits per heavy atom. The zero-order chi connectivity index (χ0) is 27.6. The number of benzene rings is 1. The fourth-order valence-corrected chi connectivity index (χ4v) is 6.51. The van der Waals surface area contributed by atoms with Crippen LogP contribution in [0.5, 0.6) is 5.75 Å². The molecule has 0 radical (unpaired) electrons. The zero-order valence-electron chi connectivity index (χ0n) is 22.6. The molecule has 2 saturated heterocycles. The van der Waals surface area contributed by atoms with E-state index >= 15 is 0 Å². The lowest BCUT2D eigenvalue weighted by Gasteiger charge is -2.40. The van der Waals surface area contributed by atoms with E-state index in [4.69, 9.17) is 4.74 Å². The van der Waals surface area contributed by atoms with E-state index in [0.29, 0.717) is 24.0 Å². The van der Waals surface area contributed by atoms with Crippen molar-refractivity contribution in [2.24, 2.45) is 0 Å². The van der Waals surface area contributed by atoms with E-state index < -0.39 is 21.3 Å². The molecule has 0 spiro atoms. The van der Waals surface area contributed by atoms with Gasteiger partial charge in [0.05, 0.1) is 17.4 Å². The van der Waals surface area contributed by atoms with Crippen LogP contribution in [-0.2, 0) is 14.6 Å². The highest BCUT2D eigenvalue weighted by atomic mass is 32.2. The van der Waals surface area contributed by atoms with Gasteiger partial charge in [0.25, 0.3) is 11.5 Å². The van der Waals surface area contributed by atoms with Crippen LogP contribution in [-0.4, -0.2) is 91.9 Å². The number of methoxy groups -OCH3 is 1. The topological polar surface area (TPSA) is 130 Å². The van der Waals surface area contributed by atoms with Crippen LogP contribution in [0, 0.1) is 0 Å². The minimum Gasteiger partial charge on any atom is -0.506 e. The Morgan fingerprint density at radius 3 is 2.45 bits per heavy atom. The summed E-state index contributed by atoms with van der Waals surface area (Å²) in [5, 5.41) is 17.6. The summed E-state index contributed by atoms with van der Waals surface area (Å²) in [5.41, 5.74) is -0.0846. The molecule has 0 aliphatic carbocycles. The molecule has 210 valence electrons. The van der Waals surface area contributed by atoms with Crippen LogP contribution in [0.15, 0.2) is 29.1 Å². The third-order valence-corrected chi connectivity index (χ3v) is 8.77. The number of nitrogens with zero attached hydrogens (tertiary/aromatic N) is 2. The number of nitrogens with one attached hydrogen (secondary N) is 2. The molecule has 2 aromatic rings. The summed E-state index contributed by atoms with van der Waals surface area (Å²) in [7, 11) is -1.34. The second-order valence-corrected chi connectivity index (χ2v) is 13.2. The molecule has 2 unspecified atom stereocenters. The highest BCUT2D eigenvalue weighted by Crippen LogP contribution is 2.36. The number of carbonyl (C=O) groups excluding carboxylic acids is 1. The number of fused-ring (bicyclic) bond motifs is 3. The summed E-state index contributed by atoms with van der Waals surface area (Å²) in [4.78, 5) is 29.1. The molecule has 3 heterocycles. The van der Waals surface area contributed by atoms with Gasteiger partial charge in [-0.3, -0.25) is 14.5 Å². The number of rotatable bonds is 11. The van der Waals surface area contributed by atoms with Gasteiger partial charge in [-0.2, -0.15) is 0 Å². The largest absolute Gasteiger partial charge is 0.506 e. The molecule has 1 amide bonds.